The summed E-state index contributed by atoms with van der Waals surface area (Å²) in [5.41, 5.74) is 1.92. The third kappa shape index (κ3) is 3.25. The number of rotatable bonds is 6. The topological polar surface area (TPSA) is 102 Å². The second kappa shape index (κ2) is 6.64. The minimum atomic E-state index is -1.12. The molecule has 8 nitrogen and oxygen atoms in total. The van der Waals surface area contributed by atoms with Gasteiger partial charge in [0.25, 0.3) is 0 Å². The van der Waals surface area contributed by atoms with Gasteiger partial charge in [0.2, 0.25) is 5.91 Å². The third-order valence-electron chi connectivity index (χ3n) is 3.90. The highest BCUT2D eigenvalue weighted by molar-refractivity contribution is 5.87. The zero-order valence-electron chi connectivity index (χ0n) is 13.6. The fraction of sp³-hybridized carbons (Fsp3) is 0.467. The van der Waals surface area contributed by atoms with E-state index in [2.05, 4.69) is 15.5 Å². The van der Waals surface area contributed by atoms with Gasteiger partial charge in [-0.15, -0.1) is 0 Å². The summed E-state index contributed by atoms with van der Waals surface area (Å²) in [5.74, 6) is -1.41. The SMILES string of the molecule is CCn1ncc(C(C)NC(=O)C(C)n2nccc2C(=O)O)c1C. The van der Waals surface area contributed by atoms with E-state index in [-0.39, 0.29) is 17.6 Å². The standard InChI is InChI=1S/C15H21N5O3/c1-5-19-10(3)12(8-17-19)9(2)18-14(21)11(4)20-13(15(22)23)6-7-16-20/h6-9,11H,5H2,1-4H3,(H,18,21)(H,22,23). The monoisotopic (exact) mass is 319 g/mol. The molecule has 0 spiro atoms. The molecule has 0 saturated carbocycles. The number of carboxylic acid groups (broad SMARTS) is 1. The minimum absolute atomic E-state index is 0.0183. The molecule has 2 atom stereocenters. The van der Waals surface area contributed by atoms with E-state index >= 15 is 0 Å². The van der Waals surface area contributed by atoms with Crippen molar-refractivity contribution in [1.29, 1.82) is 0 Å². The molecule has 2 heterocycles. The van der Waals surface area contributed by atoms with Crippen LogP contribution < -0.4 is 5.32 Å². The molecule has 0 bridgehead atoms. The number of carbonyl (C=O) groups is 2. The van der Waals surface area contributed by atoms with Gasteiger partial charge in [-0.3, -0.25) is 9.48 Å². The lowest BCUT2D eigenvalue weighted by atomic mass is 10.1. The first-order valence-corrected chi connectivity index (χ1v) is 7.46. The van der Waals surface area contributed by atoms with Gasteiger partial charge in [-0.05, 0) is 33.8 Å². The highest BCUT2D eigenvalue weighted by Crippen LogP contribution is 2.18. The Balaban J connectivity index is 2.13. The molecule has 0 saturated heterocycles. The van der Waals surface area contributed by atoms with Crippen molar-refractivity contribution in [2.24, 2.45) is 0 Å². The van der Waals surface area contributed by atoms with Crippen LogP contribution in [0, 0.1) is 6.92 Å². The van der Waals surface area contributed by atoms with Gasteiger partial charge in [-0.1, -0.05) is 0 Å². The highest BCUT2D eigenvalue weighted by Gasteiger charge is 2.23. The van der Waals surface area contributed by atoms with Crippen molar-refractivity contribution in [3.8, 4) is 0 Å². The Labute approximate surface area is 134 Å². The molecule has 2 rings (SSSR count). The summed E-state index contributed by atoms with van der Waals surface area (Å²) in [6, 6.07) is 0.416. The van der Waals surface area contributed by atoms with Gasteiger partial charge >= 0.3 is 5.97 Å². The van der Waals surface area contributed by atoms with Crippen LogP contribution in [0.15, 0.2) is 18.5 Å². The molecule has 0 aromatic carbocycles. The molecule has 2 aromatic heterocycles. The zero-order valence-corrected chi connectivity index (χ0v) is 13.6. The summed E-state index contributed by atoms with van der Waals surface area (Å²) < 4.78 is 3.06. The summed E-state index contributed by atoms with van der Waals surface area (Å²) in [7, 11) is 0. The van der Waals surface area contributed by atoms with Crippen molar-refractivity contribution in [3.63, 3.8) is 0 Å². The molecule has 0 aliphatic heterocycles. The number of aromatic nitrogens is 4. The van der Waals surface area contributed by atoms with Gasteiger partial charge in [0.15, 0.2) is 0 Å². The largest absolute Gasteiger partial charge is 0.477 e. The number of hydrogen-bond acceptors (Lipinski definition) is 4. The summed E-state index contributed by atoms with van der Waals surface area (Å²) in [6.07, 6.45) is 3.11. The summed E-state index contributed by atoms with van der Waals surface area (Å²) >= 11 is 0. The molecule has 0 fully saturated rings. The van der Waals surface area contributed by atoms with Gasteiger partial charge in [-0.25, -0.2) is 9.48 Å². The maximum Gasteiger partial charge on any atom is 0.354 e. The van der Waals surface area contributed by atoms with Crippen LogP contribution >= 0.6 is 0 Å². The first-order valence-electron chi connectivity index (χ1n) is 7.46. The van der Waals surface area contributed by atoms with E-state index < -0.39 is 12.0 Å². The predicted octanol–water partition coefficient (Wildman–Crippen LogP) is 1.54. The Bertz CT molecular complexity index is 719. The molecule has 0 aliphatic carbocycles. The van der Waals surface area contributed by atoms with Crippen molar-refractivity contribution in [3.05, 3.63) is 35.4 Å². The quantitative estimate of drug-likeness (QED) is 0.841. The van der Waals surface area contributed by atoms with Crippen molar-refractivity contribution < 1.29 is 14.7 Å². The highest BCUT2D eigenvalue weighted by atomic mass is 16.4. The van der Waals surface area contributed by atoms with Gasteiger partial charge < -0.3 is 10.4 Å². The number of aryl methyl sites for hydroxylation is 1. The van der Waals surface area contributed by atoms with Crippen molar-refractivity contribution in [2.75, 3.05) is 0 Å². The first kappa shape index (κ1) is 16.7. The molecule has 2 aromatic rings. The van der Waals surface area contributed by atoms with E-state index in [0.717, 1.165) is 17.8 Å². The van der Waals surface area contributed by atoms with Crippen LogP contribution in [-0.4, -0.2) is 36.5 Å². The normalized spacial score (nSPS) is 13.6. The predicted molar refractivity (Wildman–Crippen MR) is 83.1 cm³/mol. The third-order valence-corrected chi connectivity index (χ3v) is 3.90. The molecule has 2 unspecified atom stereocenters. The molecule has 0 aliphatic rings. The van der Waals surface area contributed by atoms with Gasteiger partial charge in [0.1, 0.15) is 11.7 Å². The molecule has 124 valence electrons. The lowest BCUT2D eigenvalue weighted by Gasteiger charge is -2.18. The molecule has 8 heteroatoms. The summed E-state index contributed by atoms with van der Waals surface area (Å²) in [5, 5.41) is 20.2. The number of nitrogens with zero attached hydrogens (tertiary/aromatic N) is 4. The van der Waals surface area contributed by atoms with Crippen LogP contribution in [-0.2, 0) is 11.3 Å². The van der Waals surface area contributed by atoms with E-state index in [9.17, 15) is 9.59 Å². The average Bonchev–Trinajstić information content (AvgIpc) is 3.12. The zero-order chi connectivity index (χ0) is 17.1. The molecular formula is C15H21N5O3. The van der Waals surface area contributed by atoms with E-state index in [1.54, 1.807) is 13.1 Å². The fourth-order valence-electron chi connectivity index (χ4n) is 2.52. The Kier molecular flexibility index (Phi) is 4.83. The summed E-state index contributed by atoms with van der Waals surface area (Å²) in [6.45, 7) is 8.20. The van der Waals surface area contributed by atoms with Crippen molar-refractivity contribution in [2.45, 2.75) is 46.3 Å². The molecule has 0 radical (unpaired) electrons. The number of carbonyl (C=O) groups excluding carboxylic acids is 1. The van der Waals surface area contributed by atoms with E-state index in [4.69, 9.17) is 5.11 Å². The molecule has 23 heavy (non-hydrogen) atoms. The van der Waals surface area contributed by atoms with Gasteiger partial charge in [0.05, 0.1) is 12.2 Å². The second-order valence-corrected chi connectivity index (χ2v) is 5.37. The lowest BCUT2D eigenvalue weighted by Crippen LogP contribution is -2.34. The van der Waals surface area contributed by atoms with Crippen molar-refractivity contribution >= 4 is 11.9 Å². The van der Waals surface area contributed by atoms with Crippen LogP contribution in [0.1, 0.15) is 54.6 Å². The van der Waals surface area contributed by atoms with Crippen LogP contribution in [0.5, 0.6) is 0 Å². The molecule has 2 N–H and O–H groups in total. The Hall–Kier alpha value is -2.64. The smallest absolute Gasteiger partial charge is 0.354 e. The van der Waals surface area contributed by atoms with Crippen LogP contribution in [0.2, 0.25) is 0 Å². The Morgan fingerprint density at radius 1 is 1.35 bits per heavy atom. The summed E-state index contributed by atoms with van der Waals surface area (Å²) in [4.78, 5) is 23.5. The van der Waals surface area contributed by atoms with Crippen LogP contribution in [0.3, 0.4) is 0 Å². The maximum absolute atomic E-state index is 12.4. The number of carboxylic acids is 1. The minimum Gasteiger partial charge on any atom is -0.477 e. The van der Waals surface area contributed by atoms with Crippen LogP contribution in [0.25, 0.3) is 0 Å². The lowest BCUT2D eigenvalue weighted by molar-refractivity contribution is -0.124. The number of hydrogen-bond donors (Lipinski definition) is 2. The van der Waals surface area contributed by atoms with E-state index in [1.165, 1.54) is 16.9 Å². The van der Waals surface area contributed by atoms with E-state index in [1.807, 2.05) is 25.5 Å². The fourth-order valence-corrected chi connectivity index (χ4v) is 2.52. The number of nitrogens with one attached hydrogen (secondary N) is 1. The van der Waals surface area contributed by atoms with Crippen molar-refractivity contribution in [1.82, 2.24) is 24.9 Å². The first-order chi connectivity index (χ1) is 10.9. The maximum atomic E-state index is 12.4. The van der Waals surface area contributed by atoms with Gasteiger partial charge in [-0.2, -0.15) is 10.2 Å². The van der Waals surface area contributed by atoms with Gasteiger partial charge in [0, 0.05) is 24.0 Å². The molecular weight excluding hydrogens is 298 g/mol. The average molecular weight is 319 g/mol. The number of aromatic carboxylic acids is 1. The number of amides is 1. The second-order valence-electron chi connectivity index (χ2n) is 5.37. The van der Waals surface area contributed by atoms with Crippen LogP contribution in [0.4, 0.5) is 0 Å². The Morgan fingerprint density at radius 2 is 2.04 bits per heavy atom. The molecule has 1 amide bonds. The van der Waals surface area contributed by atoms with E-state index in [0.29, 0.717) is 0 Å². The Morgan fingerprint density at radius 3 is 2.61 bits per heavy atom.